The average Bonchev–Trinajstić information content (AvgIpc) is 2.96. The Kier molecular flexibility index (Phi) is 2.57. The normalized spacial score (nSPS) is 29.6. The Hall–Kier alpha value is -1.85. The van der Waals surface area contributed by atoms with Crippen LogP contribution in [0.3, 0.4) is 0 Å². The number of hydrogen-bond acceptors (Lipinski definition) is 5. The van der Waals surface area contributed by atoms with E-state index in [4.69, 9.17) is 4.74 Å². The van der Waals surface area contributed by atoms with Gasteiger partial charge in [-0.05, 0) is 19.3 Å². The summed E-state index contributed by atoms with van der Waals surface area (Å²) in [7, 11) is 1.56. The fourth-order valence-corrected chi connectivity index (χ4v) is 3.14. The molecule has 1 aromatic heterocycles. The van der Waals surface area contributed by atoms with E-state index in [1.165, 1.54) is 0 Å². The summed E-state index contributed by atoms with van der Waals surface area (Å²) in [6.07, 6.45) is 4.27. The SMILES string of the molecule is COc1ccnc(N2C3CCC2C(C(=O)O)C3)n1. The number of fused-ring (bicyclic) bond motifs is 2. The molecule has 6 heteroatoms. The molecule has 0 spiro atoms. The topological polar surface area (TPSA) is 75.5 Å². The van der Waals surface area contributed by atoms with Gasteiger partial charge in [-0.3, -0.25) is 4.79 Å². The van der Waals surface area contributed by atoms with E-state index in [1.807, 2.05) is 0 Å². The molecule has 3 rings (SSSR count). The Morgan fingerprint density at radius 1 is 1.56 bits per heavy atom. The van der Waals surface area contributed by atoms with E-state index < -0.39 is 5.97 Å². The summed E-state index contributed by atoms with van der Waals surface area (Å²) in [6, 6.07) is 1.97. The number of methoxy groups -OCH3 is 1. The van der Waals surface area contributed by atoms with E-state index in [-0.39, 0.29) is 18.0 Å². The van der Waals surface area contributed by atoms with E-state index in [0.717, 1.165) is 12.8 Å². The van der Waals surface area contributed by atoms with Crippen LogP contribution in [0.2, 0.25) is 0 Å². The number of hydrogen-bond donors (Lipinski definition) is 1. The summed E-state index contributed by atoms with van der Waals surface area (Å²) < 4.78 is 5.09. The Balaban J connectivity index is 1.91. The van der Waals surface area contributed by atoms with E-state index in [9.17, 15) is 9.90 Å². The molecule has 96 valence electrons. The van der Waals surface area contributed by atoms with Crippen LogP contribution < -0.4 is 9.64 Å². The van der Waals surface area contributed by atoms with Crippen molar-refractivity contribution in [2.24, 2.45) is 5.92 Å². The zero-order chi connectivity index (χ0) is 12.7. The molecule has 3 atom stereocenters. The summed E-state index contributed by atoms with van der Waals surface area (Å²) in [4.78, 5) is 21.8. The number of ether oxygens (including phenoxy) is 1. The number of aromatic nitrogens is 2. The van der Waals surface area contributed by atoms with Crippen molar-refractivity contribution in [2.45, 2.75) is 31.3 Å². The molecule has 0 aromatic carbocycles. The predicted molar refractivity (Wildman–Crippen MR) is 63.6 cm³/mol. The highest BCUT2D eigenvalue weighted by atomic mass is 16.5. The first-order chi connectivity index (χ1) is 8.70. The third-order valence-electron chi connectivity index (χ3n) is 3.91. The minimum absolute atomic E-state index is 0.0274. The Morgan fingerprint density at radius 2 is 2.39 bits per heavy atom. The maximum absolute atomic E-state index is 11.2. The molecule has 3 unspecified atom stereocenters. The lowest BCUT2D eigenvalue weighted by Crippen LogP contribution is -2.34. The van der Waals surface area contributed by atoms with E-state index in [1.54, 1.807) is 19.4 Å². The molecule has 2 aliphatic heterocycles. The van der Waals surface area contributed by atoms with Crippen molar-refractivity contribution in [3.63, 3.8) is 0 Å². The Labute approximate surface area is 105 Å². The van der Waals surface area contributed by atoms with Crippen LogP contribution in [0.15, 0.2) is 12.3 Å². The highest BCUT2D eigenvalue weighted by Gasteiger charge is 2.50. The summed E-state index contributed by atoms with van der Waals surface area (Å²) >= 11 is 0. The molecule has 2 fully saturated rings. The molecular weight excluding hydrogens is 234 g/mol. The lowest BCUT2D eigenvalue weighted by molar-refractivity contribution is -0.142. The van der Waals surface area contributed by atoms with E-state index in [2.05, 4.69) is 14.9 Å². The molecule has 0 saturated carbocycles. The molecule has 2 bridgehead atoms. The molecule has 1 N–H and O–H groups in total. The number of anilines is 1. The van der Waals surface area contributed by atoms with Gasteiger partial charge in [-0.25, -0.2) is 4.98 Å². The summed E-state index contributed by atoms with van der Waals surface area (Å²) in [5.41, 5.74) is 0. The van der Waals surface area contributed by atoms with Gasteiger partial charge in [0.1, 0.15) is 0 Å². The summed E-state index contributed by atoms with van der Waals surface area (Å²) in [6.45, 7) is 0. The zero-order valence-electron chi connectivity index (χ0n) is 10.1. The molecule has 2 aliphatic rings. The van der Waals surface area contributed by atoms with Crippen LogP contribution in [-0.2, 0) is 4.79 Å². The van der Waals surface area contributed by atoms with Crippen LogP contribution in [0.1, 0.15) is 19.3 Å². The largest absolute Gasteiger partial charge is 0.481 e. The highest BCUT2D eigenvalue weighted by Crippen LogP contribution is 2.43. The maximum atomic E-state index is 11.2. The third kappa shape index (κ3) is 1.60. The second kappa shape index (κ2) is 4.12. The van der Waals surface area contributed by atoms with Gasteiger partial charge >= 0.3 is 5.97 Å². The number of aliphatic carboxylic acids is 1. The number of carbonyl (C=O) groups is 1. The second-order valence-corrected chi connectivity index (χ2v) is 4.79. The Morgan fingerprint density at radius 3 is 3.06 bits per heavy atom. The first-order valence-corrected chi connectivity index (χ1v) is 6.09. The molecular formula is C12H15N3O3. The molecule has 0 aliphatic carbocycles. The Bertz CT molecular complexity index is 479. The van der Waals surface area contributed by atoms with Crippen molar-refractivity contribution in [1.29, 1.82) is 0 Å². The van der Waals surface area contributed by atoms with Gasteiger partial charge in [0, 0.05) is 24.3 Å². The first kappa shape index (κ1) is 11.3. The van der Waals surface area contributed by atoms with Crippen molar-refractivity contribution >= 4 is 11.9 Å². The fourth-order valence-electron chi connectivity index (χ4n) is 3.14. The average molecular weight is 249 g/mol. The predicted octanol–water partition coefficient (Wildman–Crippen LogP) is 0.927. The second-order valence-electron chi connectivity index (χ2n) is 4.79. The molecule has 6 nitrogen and oxygen atoms in total. The minimum Gasteiger partial charge on any atom is -0.481 e. The van der Waals surface area contributed by atoms with Crippen LogP contribution in [0.25, 0.3) is 0 Å². The maximum Gasteiger partial charge on any atom is 0.308 e. The van der Waals surface area contributed by atoms with Crippen LogP contribution in [0.4, 0.5) is 5.95 Å². The van der Waals surface area contributed by atoms with E-state index >= 15 is 0 Å². The standard InChI is InChI=1S/C12H15N3O3/c1-18-10-4-5-13-12(14-10)15-7-2-3-9(15)8(6-7)11(16)17/h4-5,7-9H,2-3,6H2,1H3,(H,16,17). The van der Waals surface area contributed by atoms with Gasteiger partial charge in [-0.2, -0.15) is 4.98 Å². The number of carboxylic acids is 1. The molecule has 1 aromatic rings. The van der Waals surface area contributed by atoms with E-state index in [0.29, 0.717) is 18.2 Å². The zero-order valence-corrected chi connectivity index (χ0v) is 10.1. The van der Waals surface area contributed by atoms with Crippen LogP contribution >= 0.6 is 0 Å². The molecule has 3 heterocycles. The monoisotopic (exact) mass is 249 g/mol. The number of nitrogens with zero attached hydrogens (tertiary/aromatic N) is 3. The highest BCUT2D eigenvalue weighted by molar-refractivity contribution is 5.73. The lowest BCUT2D eigenvalue weighted by Gasteiger charge is -2.22. The van der Waals surface area contributed by atoms with Crippen LogP contribution in [0.5, 0.6) is 5.88 Å². The van der Waals surface area contributed by atoms with Crippen molar-refractivity contribution in [3.8, 4) is 5.88 Å². The third-order valence-corrected chi connectivity index (χ3v) is 3.91. The van der Waals surface area contributed by atoms with Crippen molar-refractivity contribution in [1.82, 2.24) is 9.97 Å². The molecule has 18 heavy (non-hydrogen) atoms. The molecule has 2 saturated heterocycles. The molecule has 0 amide bonds. The van der Waals surface area contributed by atoms with Gasteiger partial charge in [-0.15, -0.1) is 0 Å². The van der Waals surface area contributed by atoms with Crippen molar-refractivity contribution in [3.05, 3.63) is 12.3 Å². The van der Waals surface area contributed by atoms with Gasteiger partial charge in [0.15, 0.2) is 0 Å². The summed E-state index contributed by atoms with van der Waals surface area (Å²) in [5.74, 6) is 0.0948. The van der Waals surface area contributed by atoms with Gasteiger partial charge in [0.05, 0.1) is 13.0 Å². The smallest absolute Gasteiger partial charge is 0.308 e. The first-order valence-electron chi connectivity index (χ1n) is 6.09. The van der Waals surface area contributed by atoms with Gasteiger partial charge in [0.2, 0.25) is 11.8 Å². The van der Waals surface area contributed by atoms with Gasteiger partial charge in [0.25, 0.3) is 0 Å². The van der Waals surface area contributed by atoms with Gasteiger partial charge in [-0.1, -0.05) is 0 Å². The number of rotatable bonds is 3. The van der Waals surface area contributed by atoms with Crippen molar-refractivity contribution < 1.29 is 14.6 Å². The quantitative estimate of drug-likeness (QED) is 0.858. The number of carboxylic acid groups (broad SMARTS) is 1. The van der Waals surface area contributed by atoms with Crippen LogP contribution in [0, 0.1) is 5.92 Å². The van der Waals surface area contributed by atoms with Gasteiger partial charge < -0.3 is 14.7 Å². The van der Waals surface area contributed by atoms with Crippen molar-refractivity contribution in [2.75, 3.05) is 12.0 Å². The molecule has 0 radical (unpaired) electrons. The summed E-state index contributed by atoms with van der Waals surface area (Å²) in [5, 5.41) is 9.21. The van der Waals surface area contributed by atoms with Crippen LogP contribution in [-0.4, -0.2) is 40.2 Å². The lowest BCUT2D eigenvalue weighted by atomic mass is 9.89. The minimum atomic E-state index is -0.713. The fraction of sp³-hybridized carbons (Fsp3) is 0.583.